The van der Waals surface area contributed by atoms with Gasteiger partial charge in [0.15, 0.2) is 0 Å². The average molecular weight is 301 g/mol. The molecule has 1 atom stereocenters. The summed E-state index contributed by atoms with van der Waals surface area (Å²) in [4.78, 5) is 2.42. The van der Waals surface area contributed by atoms with E-state index in [0.29, 0.717) is 10.0 Å². The average Bonchev–Trinajstić information content (AvgIpc) is 2.66. The van der Waals surface area contributed by atoms with Crippen LogP contribution in [0.2, 0.25) is 10.0 Å². The van der Waals surface area contributed by atoms with Crippen molar-refractivity contribution in [1.29, 1.82) is 0 Å². The first-order valence-electron chi connectivity index (χ1n) is 5.51. The van der Waals surface area contributed by atoms with Crippen molar-refractivity contribution in [2.45, 2.75) is 19.9 Å². The number of thiophene rings is 1. The maximum Gasteiger partial charge on any atom is 0.0817 e. The zero-order valence-corrected chi connectivity index (χ0v) is 12.5. The normalized spacial score (nSPS) is 12.7. The first kappa shape index (κ1) is 13.8. The maximum atomic E-state index is 6.24. The lowest BCUT2D eigenvalue weighted by atomic mass is 10.1. The van der Waals surface area contributed by atoms with Gasteiger partial charge >= 0.3 is 0 Å². The molecule has 5 heteroatoms. The topological polar surface area (TPSA) is 38.0 Å². The van der Waals surface area contributed by atoms with Gasteiger partial charge in [-0.15, -0.1) is 11.3 Å². The number of hydrogen-bond donors (Lipinski definition) is 2. The molecule has 0 bridgehead atoms. The Kier molecular flexibility index (Phi) is 4.30. The van der Waals surface area contributed by atoms with Crippen LogP contribution in [-0.4, -0.2) is 0 Å². The molecule has 0 aliphatic carbocycles. The van der Waals surface area contributed by atoms with Crippen molar-refractivity contribution in [2.24, 2.45) is 5.84 Å². The number of rotatable bonds is 3. The van der Waals surface area contributed by atoms with Gasteiger partial charge in [-0.1, -0.05) is 35.3 Å². The predicted molar refractivity (Wildman–Crippen MR) is 79.4 cm³/mol. The Morgan fingerprint density at radius 1 is 1.28 bits per heavy atom. The van der Waals surface area contributed by atoms with Crippen molar-refractivity contribution < 1.29 is 0 Å². The molecule has 0 aliphatic heterocycles. The second-order valence-electron chi connectivity index (χ2n) is 4.13. The SMILES string of the molecule is Cc1cc(C(NN)c2cccc(Cl)c2Cl)sc1C. The van der Waals surface area contributed by atoms with Crippen LogP contribution < -0.4 is 11.3 Å². The minimum absolute atomic E-state index is 0.131. The smallest absolute Gasteiger partial charge is 0.0817 e. The standard InChI is InChI=1S/C13H14Cl2N2S/c1-7-6-11(18-8(7)2)13(17-16)9-4-3-5-10(14)12(9)15/h3-6,13,17H,16H2,1-2H3. The van der Waals surface area contributed by atoms with Gasteiger partial charge in [-0.05, 0) is 37.1 Å². The molecular formula is C13H14Cl2N2S. The fraction of sp³-hybridized carbons (Fsp3) is 0.231. The number of nitrogens with one attached hydrogen (secondary N) is 1. The number of nitrogens with two attached hydrogens (primary N) is 1. The molecule has 0 saturated carbocycles. The summed E-state index contributed by atoms with van der Waals surface area (Å²) < 4.78 is 0. The van der Waals surface area contributed by atoms with Crippen molar-refractivity contribution in [3.63, 3.8) is 0 Å². The highest BCUT2D eigenvalue weighted by molar-refractivity contribution is 7.12. The van der Waals surface area contributed by atoms with Gasteiger partial charge in [0.25, 0.3) is 0 Å². The minimum Gasteiger partial charge on any atom is -0.271 e. The molecule has 0 spiro atoms. The van der Waals surface area contributed by atoms with Crippen LogP contribution in [0.15, 0.2) is 24.3 Å². The minimum atomic E-state index is -0.131. The molecule has 0 radical (unpaired) electrons. The molecule has 0 saturated heterocycles. The van der Waals surface area contributed by atoms with Crippen LogP contribution in [0.3, 0.4) is 0 Å². The molecule has 0 fully saturated rings. The summed E-state index contributed by atoms with van der Waals surface area (Å²) in [5.41, 5.74) is 4.96. The molecule has 1 heterocycles. The Morgan fingerprint density at radius 2 is 2.00 bits per heavy atom. The third kappa shape index (κ3) is 2.56. The van der Waals surface area contributed by atoms with Crippen molar-refractivity contribution in [3.05, 3.63) is 55.2 Å². The highest BCUT2D eigenvalue weighted by Crippen LogP contribution is 2.36. The third-order valence-corrected chi connectivity index (χ3v) is 4.98. The van der Waals surface area contributed by atoms with E-state index in [2.05, 4.69) is 25.3 Å². The van der Waals surface area contributed by atoms with Gasteiger partial charge in [0.2, 0.25) is 0 Å². The van der Waals surface area contributed by atoms with Crippen LogP contribution in [0.1, 0.15) is 26.9 Å². The van der Waals surface area contributed by atoms with Gasteiger partial charge in [-0.3, -0.25) is 5.84 Å². The molecule has 1 aromatic heterocycles. The second kappa shape index (κ2) is 5.59. The van der Waals surface area contributed by atoms with Gasteiger partial charge in [0.05, 0.1) is 16.1 Å². The van der Waals surface area contributed by atoms with E-state index in [1.807, 2.05) is 12.1 Å². The van der Waals surface area contributed by atoms with E-state index in [1.54, 1.807) is 17.4 Å². The second-order valence-corrected chi connectivity index (χ2v) is 6.20. The molecule has 2 aromatic rings. The predicted octanol–water partition coefficient (Wildman–Crippen LogP) is 4.22. The fourth-order valence-electron chi connectivity index (χ4n) is 1.81. The molecule has 2 rings (SSSR count). The number of benzene rings is 1. The van der Waals surface area contributed by atoms with Gasteiger partial charge in [-0.2, -0.15) is 0 Å². The van der Waals surface area contributed by atoms with E-state index in [0.717, 1.165) is 10.4 Å². The van der Waals surface area contributed by atoms with Crippen LogP contribution in [0.4, 0.5) is 0 Å². The molecule has 18 heavy (non-hydrogen) atoms. The van der Waals surface area contributed by atoms with E-state index < -0.39 is 0 Å². The summed E-state index contributed by atoms with van der Waals surface area (Å²) >= 11 is 14.0. The summed E-state index contributed by atoms with van der Waals surface area (Å²) in [6.07, 6.45) is 0. The third-order valence-electron chi connectivity index (χ3n) is 2.93. The van der Waals surface area contributed by atoms with Gasteiger partial charge in [0, 0.05) is 9.75 Å². The highest BCUT2D eigenvalue weighted by Gasteiger charge is 2.19. The quantitative estimate of drug-likeness (QED) is 0.658. The zero-order valence-electron chi connectivity index (χ0n) is 10.1. The van der Waals surface area contributed by atoms with E-state index in [-0.39, 0.29) is 6.04 Å². The van der Waals surface area contributed by atoms with Crippen molar-refractivity contribution >= 4 is 34.5 Å². The van der Waals surface area contributed by atoms with Crippen molar-refractivity contribution in [1.82, 2.24) is 5.43 Å². The van der Waals surface area contributed by atoms with Crippen LogP contribution >= 0.6 is 34.5 Å². The summed E-state index contributed by atoms with van der Waals surface area (Å²) in [5, 5.41) is 1.09. The Bertz CT molecular complexity index is 547. The molecule has 96 valence electrons. The largest absolute Gasteiger partial charge is 0.271 e. The number of aryl methyl sites for hydroxylation is 2. The molecular weight excluding hydrogens is 287 g/mol. The lowest BCUT2D eigenvalue weighted by molar-refractivity contribution is 0.646. The molecule has 1 aromatic carbocycles. The summed E-state index contributed by atoms with van der Waals surface area (Å²) in [5.74, 6) is 5.67. The fourth-order valence-corrected chi connectivity index (χ4v) is 3.35. The lowest BCUT2D eigenvalue weighted by Gasteiger charge is -2.16. The summed E-state index contributed by atoms with van der Waals surface area (Å²) in [6, 6.07) is 7.58. The Morgan fingerprint density at radius 3 is 2.56 bits per heavy atom. The van der Waals surface area contributed by atoms with Crippen LogP contribution in [0, 0.1) is 13.8 Å². The van der Waals surface area contributed by atoms with Gasteiger partial charge < -0.3 is 0 Å². The Labute approximate surface area is 121 Å². The number of hydrogen-bond acceptors (Lipinski definition) is 3. The van der Waals surface area contributed by atoms with E-state index in [9.17, 15) is 0 Å². The van der Waals surface area contributed by atoms with E-state index >= 15 is 0 Å². The number of hydrazine groups is 1. The molecule has 0 amide bonds. The van der Waals surface area contributed by atoms with E-state index in [1.165, 1.54) is 10.4 Å². The number of halogens is 2. The first-order valence-corrected chi connectivity index (χ1v) is 7.08. The van der Waals surface area contributed by atoms with Crippen molar-refractivity contribution in [3.8, 4) is 0 Å². The van der Waals surface area contributed by atoms with Gasteiger partial charge in [0.1, 0.15) is 0 Å². The molecule has 2 nitrogen and oxygen atoms in total. The molecule has 3 N–H and O–H groups in total. The Balaban J connectivity index is 2.48. The zero-order chi connectivity index (χ0) is 13.3. The first-order chi connectivity index (χ1) is 8.54. The molecule has 0 aliphatic rings. The Hall–Kier alpha value is -0.580. The summed E-state index contributed by atoms with van der Waals surface area (Å²) in [7, 11) is 0. The van der Waals surface area contributed by atoms with Crippen LogP contribution in [0.25, 0.3) is 0 Å². The van der Waals surface area contributed by atoms with E-state index in [4.69, 9.17) is 29.0 Å². The monoisotopic (exact) mass is 300 g/mol. The van der Waals surface area contributed by atoms with Crippen LogP contribution in [-0.2, 0) is 0 Å². The van der Waals surface area contributed by atoms with Crippen molar-refractivity contribution in [2.75, 3.05) is 0 Å². The maximum absolute atomic E-state index is 6.24. The highest BCUT2D eigenvalue weighted by atomic mass is 35.5. The van der Waals surface area contributed by atoms with Gasteiger partial charge in [-0.25, -0.2) is 5.43 Å². The molecule has 1 unspecified atom stereocenters. The lowest BCUT2D eigenvalue weighted by Crippen LogP contribution is -2.28. The summed E-state index contributed by atoms with van der Waals surface area (Å²) in [6.45, 7) is 4.18. The van der Waals surface area contributed by atoms with Crippen LogP contribution in [0.5, 0.6) is 0 Å².